The van der Waals surface area contributed by atoms with Gasteiger partial charge in [0.1, 0.15) is 0 Å². The first kappa shape index (κ1) is 14.8. The number of nitrogen functional groups attached to an aromatic ring is 1. The van der Waals surface area contributed by atoms with Gasteiger partial charge >= 0.3 is 6.18 Å². The van der Waals surface area contributed by atoms with Gasteiger partial charge in [-0.25, -0.2) is 13.1 Å². The molecule has 0 aliphatic carbocycles. The quantitative estimate of drug-likeness (QED) is 0.640. The van der Waals surface area contributed by atoms with E-state index >= 15 is 0 Å². The highest BCUT2D eigenvalue weighted by Crippen LogP contribution is 2.21. The fourth-order valence-corrected chi connectivity index (χ4v) is 2.39. The maximum Gasteiger partial charge on any atom is 0.389 e. The molecule has 0 aromatic heterocycles. The highest BCUT2D eigenvalue weighted by atomic mass is 32.2. The number of halogens is 3. The second kappa shape index (κ2) is 5.57. The first-order valence-electron chi connectivity index (χ1n) is 5.13. The molecule has 102 valence electrons. The van der Waals surface area contributed by atoms with Crippen LogP contribution in [0.25, 0.3) is 0 Å². The third-order valence-electron chi connectivity index (χ3n) is 2.10. The number of nitrogens with two attached hydrogens (primary N) is 1. The van der Waals surface area contributed by atoms with Gasteiger partial charge in [0.25, 0.3) is 0 Å². The third kappa shape index (κ3) is 4.92. The SMILES string of the molecule is Nc1cccc(S(=O)(=O)NCCCC(F)(F)F)c1. The molecule has 0 bridgehead atoms. The van der Waals surface area contributed by atoms with Crippen LogP contribution in [0.1, 0.15) is 12.8 Å². The molecular formula is C10H13F3N2O2S. The molecule has 0 fully saturated rings. The Labute approximate surface area is 103 Å². The van der Waals surface area contributed by atoms with E-state index in [4.69, 9.17) is 5.73 Å². The number of alkyl halides is 3. The lowest BCUT2D eigenvalue weighted by atomic mass is 10.3. The fourth-order valence-electron chi connectivity index (χ4n) is 1.26. The Morgan fingerprint density at radius 3 is 2.50 bits per heavy atom. The van der Waals surface area contributed by atoms with Crippen LogP contribution in [0, 0.1) is 0 Å². The molecule has 1 rings (SSSR count). The number of anilines is 1. The van der Waals surface area contributed by atoms with E-state index in [1.807, 2.05) is 0 Å². The molecule has 1 aromatic rings. The van der Waals surface area contributed by atoms with Gasteiger partial charge in [-0.3, -0.25) is 0 Å². The topological polar surface area (TPSA) is 72.2 Å². The van der Waals surface area contributed by atoms with Crippen LogP contribution in [0.3, 0.4) is 0 Å². The lowest BCUT2D eigenvalue weighted by molar-refractivity contribution is -0.135. The van der Waals surface area contributed by atoms with Gasteiger partial charge in [-0.05, 0) is 24.6 Å². The van der Waals surface area contributed by atoms with Gasteiger partial charge in [0.15, 0.2) is 0 Å². The van der Waals surface area contributed by atoms with E-state index in [0.717, 1.165) is 0 Å². The summed E-state index contributed by atoms with van der Waals surface area (Å²) in [5.41, 5.74) is 5.70. The van der Waals surface area contributed by atoms with Gasteiger partial charge in [-0.2, -0.15) is 13.2 Å². The van der Waals surface area contributed by atoms with Crippen molar-refractivity contribution < 1.29 is 21.6 Å². The van der Waals surface area contributed by atoms with Crippen LogP contribution in [-0.2, 0) is 10.0 Å². The van der Waals surface area contributed by atoms with Crippen LogP contribution < -0.4 is 10.5 Å². The second-order valence-corrected chi connectivity index (χ2v) is 5.46. The number of rotatable bonds is 5. The minimum atomic E-state index is -4.28. The van der Waals surface area contributed by atoms with Gasteiger partial charge < -0.3 is 5.73 Å². The van der Waals surface area contributed by atoms with E-state index in [2.05, 4.69) is 4.72 Å². The number of benzene rings is 1. The number of sulfonamides is 1. The van der Waals surface area contributed by atoms with Gasteiger partial charge in [0.2, 0.25) is 10.0 Å². The van der Waals surface area contributed by atoms with Crippen molar-refractivity contribution >= 4 is 15.7 Å². The molecule has 1 aromatic carbocycles. The Morgan fingerprint density at radius 2 is 1.94 bits per heavy atom. The first-order chi connectivity index (χ1) is 8.21. The van der Waals surface area contributed by atoms with E-state index in [1.54, 1.807) is 0 Å². The number of nitrogens with one attached hydrogen (secondary N) is 1. The summed E-state index contributed by atoms with van der Waals surface area (Å²) in [6.45, 7) is -0.267. The van der Waals surface area contributed by atoms with Crippen molar-refractivity contribution in [3.05, 3.63) is 24.3 Å². The van der Waals surface area contributed by atoms with Crippen molar-refractivity contribution in [2.24, 2.45) is 0 Å². The molecule has 0 radical (unpaired) electrons. The molecule has 0 unspecified atom stereocenters. The molecule has 0 amide bonds. The van der Waals surface area contributed by atoms with E-state index in [-0.39, 0.29) is 23.5 Å². The van der Waals surface area contributed by atoms with Crippen LogP contribution in [0.4, 0.5) is 18.9 Å². The highest BCUT2D eigenvalue weighted by Gasteiger charge is 2.26. The molecule has 0 saturated heterocycles. The van der Waals surface area contributed by atoms with E-state index in [1.165, 1.54) is 24.3 Å². The maximum atomic E-state index is 11.9. The average Bonchev–Trinajstić information content (AvgIpc) is 2.23. The first-order valence-corrected chi connectivity index (χ1v) is 6.61. The lowest BCUT2D eigenvalue weighted by Crippen LogP contribution is -2.25. The summed E-state index contributed by atoms with van der Waals surface area (Å²) in [4.78, 5) is -0.0606. The highest BCUT2D eigenvalue weighted by molar-refractivity contribution is 7.89. The van der Waals surface area contributed by atoms with E-state index in [0.29, 0.717) is 0 Å². The largest absolute Gasteiger partial charge is 0.399 e. The molecule has 0 heterocycles. The molecule has 0 saturated carbocycles. The smallest absolute Gasteiger partial charge is 0.389 e. The standard InChI is InChI=1S/C10H13F3N2O2S/c11-10(12,13)5-2-6-15-18(16,17)9-4-1-3-8(14)7-9/h1,3-4,7,15H,2,5-6,14H2. The molecular weight excluding hydrogens is 269 g/mol. The van der Waals surface area contributed by atoms with Crippen LogP contribution in [0.5, 0.6) is 0 Å². The molecule has 0 spiro atoms. The Morgan fingerprint density at radius 1 is 1.28 bits per heavy atom. The third-order valence-corrected chi connectivity index (χ3v) is 3.56. The zero-order valence-electron chi connectivity index (χ0n) is 9.37. The second-order valence-electron chi connectivity index (χ2n) is 3.69. The zero-order valence-corrected chi connectivity index (χ0v) is 10.2. The number of hydrogen-bond donors (Lipinski definition) is 2. The van der Waals surface area contributed by atoms with Crippen molar-refractivity contribution in [3.63, 3.8) is 0 Å². The molecule has 0 atom stereocenters. The van der Waals surface area contributed by atoms with Crippen LogP contribution in [-0.4, -0.2) is 21.1 Å². The summed E-state index contributed by atoms with van der Waals surface area (Å²) in [7, 11) is -3.80. The summed E-state index contributed by atoms with van der Waals surface area (Å²) in [6, 6.07) is 5.54. The minimum absolute atomic E-state index is 0.0606. The monoisotopic (exact) mass is 282 g/mol. The van der Waals surface area contributed by atoms with Crippen molar-refractivity contribution in [2.45, 2.75) is 23.9 Å². The molecule has 0 aliphatic heterocycles. The predicted octanol–water partition coefficient (Wildman–Crippen LogP) is 1.89. The molecule has 18 heavy (non-hydrogen) atoms. The Kier molecular flexibility index (Phi) is 4.58. The van der Waals surface area contributed by atoms with E-state index < -0.39 is 22.6 Å². The summed E-state index contributed by atoms with van der Waals surface area (Å²) in [5.74, 6) is 0. The lowest BCUT2D eigenvalue weighted by Gasteiger charge is -2.08. The van der Waals surface area contributed by atoms with Crippen LogP contribution >= 0.6 is 0 Å². The van der Waals surface area contributed by atoms with Crippen molar-refractivity contribution in [1.82, 2.24) is 4.72 Å². The summed E-state index contributed by atoms with van der Waals surface area (Å²) in [5, 5.41) is 0. The van der Waals surface area contributed by atoms with E-state index in [9.17, 15) is 21.6 Å². The average molecular weight is 282 g/mol. The van der Waals surface area contributed by atoms with Gasteiger partial charge in [0, 0.05) is 18.7 Å². The van der Waals surface area contributed by atoms with Crippen molar-refractivity contribution in [2.75, 3.05) is 12.3 Å². The summed E-state index contributed by atoms with van der Waals surface area (Å²) >= 11 is 0. The Bertz CT molecular complexity index is 500. The molecule has 8 heteroatoms. The van der Waals surface area contributed by atoms with Crippen molar-refractivity contribution in [3.8, 4) is 0 Å². The number of hydrogen-bond acceptors (Lipinski definition) is 3. The minimum Gasteiger partial charge on any atom is -0.399 e. The molecule has 4 nitrogen and oxygen atoms in total. The maximum absolute atomic E-state index is 11.9. The Balaban J connectivity index is 2.56. The predicted molar refractivity (Wildman–Crippen MR) is 61.3 cm³/mol. The zero-order chi connectivity index (χ0) is 13.8. The van der Waals surface area contributed by atoms with Crippen LogP contribution in [0.2, 0.25) is 0 Å². The molecule has 0 aliphatic rings. The molecule has 3 N–H and O–H groups in total. The van der Waals surface area contributed by atoms with Gasteiger partial charge in [0.05, 0.1) is 4.90 Å². The van der Waals surface area contributed by atoms with Gasteiger partial charge in [-0.15, -0.1) is 0 Å². The summed E-state index contributed by atoms with van der Waals surface area (Å²) < 4.78 is 61.0. The normalized spacial score (nSPS) is 12.6. The summed E-state index contributed by atoms with van der Waals surface area (Å²) in [6.07, 6.45) is -5.60. The van der Waals surface area contributed by atoms with Gasteiger partial charge in [-0.1, -0.05) is 6.07 Å². The van der Waals surface area contributed by atoms with Crippen molar-refractivity contribution in [1.29, 1.82) is 0 Å². The van der Waals surface area contributed by atoms with Crippen LogP contribution in [0.15, 0.2) is 29.2 Å². The fraction of sp³-hybridized carbons (Fsp3) is 0.400. The Hall–Kier alpha value is -1.28.